The van der Waals surface area contributed by atoms with Crippen molar-refractivity contribution in [3.63, 3.8) is 0 Å². The van der Waals surface area contributed by atoms with Gasteiger partial charge in [0.25, 0.3) is 0 Å². The Morgan fingerprint density at radius 2 is 2.12 bits per heavy atom. The molecule has 0 saturated heterocycles. The van der Waals surface area contributed by atoms with Crippen molar-refractivity contribution in [1.82, 2.24) is 0 Å². The minimum Gasteiger partial charge on any atom is -0.495 e. The first-order valence-electron chi connectivity index (χ1n) is 5.33. The molecule has 0 radical (unpaired) electrons. The second kappa shape index (κ2) is 4.43. The molecule has 16 heavy (non-hydrogen) atoms. The monoisotopic (exact) mass is 221 g/mol. The lowest BCUT2D eigenvalue weighted by Gasteiger charge is -2.34. The second-order valence-corrected chi connectivity index (χ2v) is 4.05. The van der Waals surface area contributed by atoms with E-state index >= 15 is 0 Å². The molecular weight excluding hydrogens is 206 g/mol. The Hall–Kier alpha value is -1.71. The van der Waals surface area contributed by atoms with Gasteiger partial charge in [0, 0.05) is 6.04 Å². The lowest BCUT2D eigenvalue weighted by molar-refractivity contribution is -0.144. The molecule has 0 bridgehead atoms. The molecule has 1 aliphatic carbocycles. The molecule has 1 aromatic carbocycles. The predicted molar refractivity (Wildman–Crippen MR) is 60.8 cm³/mol. The van der Waals surface area contributed by atoms with Gasteiger partial charge in [-0.2, -0.15) is 0 Å². The summed E-state index contributed by atoms with van der Waals surface area (Å²) in [4.78, 5) is 10.7. The van der Waals surface area contributed by atoms with E-state index in [2.05, 4.69) is 5.32 Å². The van der Waals surface area contributed by atoms with Crippen molar-refractivity contribution in [3.05, 3.63) is 24.3 Å². The van der Waals surface area contributed by atoms with E-state index in [4.69, 9.17) is 9.84 Å². The molecule has 0 aromatic heterocycles. The minimum atomic E-state index is -0.696. The number of nitrogens with one attached hydrogen (secondary N) is 1. The molecule has 0 spiro atoms. The molecule has 1 saturated carbocycles. The van der Waals surface area contributed by atoms with Crippen molar-refractivity contribution < 1.29 is 14.6 Å². The number of para-hydroxylation sites is 2. The fourth-order valence-corrected chi connectivity index (χ4v) is 1.92. The van der Waals surface area contributed by atoms with Crippen molar-refractivity contribution in [3.8, 4) is 5.75 Å². The zero-order valence-electron chi connectivity index (χ0n) is 9.14. The Bertz CT molecular complexity index is 386. The molecular formula is C12H15NO3. The number of anilines is 1. The Balaban J connectivity index is 1.93. The van der Waals surface area contributed by atoms with Gasteiger partial charge < -0.3 is 15.2 Å². The van der Waals surface area contributed by atoms with Crippen LogP contribution in [0.15, 0.2) is 24.3 Å². The predicted octanol–water partition coefficient (Wildman–Crippen LogP) is 1.97. The van der Waals surface area contributed by atoms with E-state index < -0.39 is 5.97 Å². The van der Waals surface area contributed by atoms with Crippen molar-refractivity contribution in [2.24, 2.45) is 5.92 Å². The highest BCUT2D eigenvalue weighted by Crippen LogP contribution is 2.33. The molecule has 1 fully saturated rings. The number of benzene rings is 1. The van der Waals surface area contributed by atoms with Crippen LogP contribution >= 0.6 is 0 Å². The highest BCUT2D eigenvalue weighted by Gasteiger charge is 2.34. The van der Waals surface area contributed by atoms with Crippen molar-refractivity contribution >= 4 is 11.7 Å². The highest BCUT2D eigenvalue weighted by atomic mass is 16.5. The molecule has 0 unspecified atom stereocenters. The maximum atomic E-state index is 10.7. The van der Waals surface area contributed by atoms with E-state index in [0.717, 1.165) is 11.4 Å². The Labute approximate surface area is 94.2 Å². The number of hydrogen-bond donors (Lipinski definition) is 2. The minimum absolute atomic E-state index is 0.188. The first kappa shape index (κ1) is 10.8. The van der Waals surface area contributed by atoms with Gasteiger partial charge in [-0.05, 0) is 25.0 Å². The summed E-state index contributed by atoms with van der Waals surface area (Å²) in [6.07, 6.45) is 1.38. The van der Waals surface area contributed by atoms with Gasteiger partial charge in [0.2, 0.25) is 0 Å². The van der Waals surface area contributed by atoms with Crippen LogP contribution in [0, 0.1) is 5.92 Å². The average Bonchev–Trinajstić information content (AvgIpc) is 2.22. The van der Waals surface area contributed by atoms with Crippen LogP contribution in [0.1, 0.15) is 12.8 Å². The molecule has 1 aliphatic rings. The molecule has 4 heteroatoms. The number of aliphatic carboxylic acids is 1. The molecule has 2 N–H and O–H groups in total. The van der Waals surface area contributed by atoms with E-state index in [1.165, 1.54) is 0 Å². The third-order valence-corrected chi connectivity index (χ3v) is 2.95. The van der Waals surface area contributed by atoms with E-state index in [9.17, 15) is 4.79 Å². The molecule has 0 heterocycles. The number of carboxylic acid groups (broad SMARTS) is 1. The van der Waals surface area contributed by atoms with Crippen molar-refractivity contribution in [2.45, 2.75) is 18.9 Å². The SMILES string of the molecule is COc1ccccc1NC1CC(C(=O)O)C1. The van der Waals surface area contributed by atoms with Gasteiger partial charge >= 0.3 is 5.97 Å². The van der Waals surface area contributed by atoms with Crippen LogP contribution in [0.2, 0.25) is 0 Å². The Kier molecular flexibility index (Phi) is 2.99. The molecule has 2 rings (SSSR count). The summed E-state index contributed by atoms with van der Waals surface area (Å²) in [6, 6.07) is 7.91. The maximum Gasteiger partial charge on any atom is 0.306 e. The van der Waals surface area contributed by atoms with Crippen LogP contribution in [-0.4, -0.2) is 24.2 Å². The Morgan fingerprint density at radius 1 is 1.44 bits per heavy atom. The maximum absolute atomic E-state index is 10.7. The summed E-state index contributed by atoms with van der Waals surface area (Å²) < 4.78 is 5.21. The van der Waals surface area contributed by atoms with Gasteiger partial charge in [0.05, 0.1) is 18.7 Å². The molecule has 86 valence electrons. The summed E-state index contributed by atoms with van der Waals surface area (Å²) in [6.45, 7) is 0. The number of rotatable bonds is 4. The van der Waals surface area contributed by atoms with E-state index in [1.54, 1.807) is 7.11 Å². The summed E-state index contributed by atoms with van der Waals surface area (Å²) in [7, 11) is 1.63. The molecule has 1 aromatic rings. The third-order valence-electron chi connectivity index (χ3n) is 2.95. The smallest absolute Gasteiger partial charge is 0.306 e. The third kappa shape index (κ3) is 2.10. The van der Waals surface area contributed by atoms with E-state index in [-0.39, 0.29) is 12.0 Å². The number of ether oxygens (including phenoxy) is 1. The largest absolute Gasteiger partial charge is 0.495 e. The summed E-state index contributed by atoms with van der Waals surface area (Å²) in [5, 5.41) is 12.1. The number of methoxy groups -OCH3 is 1. The topological polar surface area (TPSA) is 58.6 Å². The fourth-order valence-electron chi connectivity index (χ4n) is 1.92. The van der Waals surface area contributed by atoms with Gasteiger partial charge in [-0.15, -0.1) is 0 Å². The van der Waals surface area contributed by atoms with Crippen molar-refractivity contribution in [1.29, 1.82) is 0 Å². The van der Waals surface area contributed by atoms with E-state index in [0.29, 0.717) is 12.8 Å². The highest BCUT2D eigenvalue weighted by molar-refractivity contribution is 5.72. The number of hydrogen-bond acceptors (Lipinski definition) is 3. The molecule has 0 atom stereocenters. The lowest BCUT2D eigenvalue weighted by atomic mass is 9.80. The average molecular weight is 221 g/mol. The standard InChI is InChI=1S/C12H15NO3/c1-16-11-5-3-2-4-10(11)13-9-6-8(7-9)12(14)15/h2-5,8-9,13H,6-7H2,1H3,(H,14,15). The van der Waals surface area contributed by atoms with Gasteiger partial charge in [0.1, 0.15) is 5.75 Å². The van der Waals surface area contributed by atoms with E-state index in [1.807, 2.05) is 24.3 Å². The molecule has 0 amide bonds. The fraction of sp³-hybridized carbons (Fsp3) is 0.417. The van der Waals surface area contributed by atoms with Crippen LogP contribution in [0.3, 0.4) is 0 Å². The van der Waals surface area contributed by atoms with Crippen LogP contribution in [0.25, 0.3) is 0 Å². The summed E-state index contributed by atoms with van der Waals surface area (Å²) in [5.41, 5.74) is 0.929. The zero-order valence-corrected chi connectivity index (χ0v) is 9.14. The van der Waals surface area contributed by atoms with Gasteiger partial charge in [-0.1, -0.05) is 12.1 Å². The van der Waals surface area contributed by atoms with Gasteiger partial charge in [-0.3, -0.25) is 4.79 Å². The molecule has 0 aliphatic heterocycles. The number of carboxylic acids is 1. The first-order valence-corrected chi connectivity index (χ1v) is 5.33. The van der Waals surface area contributed by atoms with Gasteiger partial charge in [0.15, 0.2) is 0 Å². The summed E-state index contributed by atoms with van der Waals surface area (Å²) >= 11 is 0. The normalized spacial score (nSPS) is 23.3. The quantitative estimate of drug-likeness (QED) is 0.816. The number of carbonyl (C=O) groups is 1. The lowest BCUT2D eigenvalue weighted by Crippen LogP contribution is -2.39. The summed E-state index contributed by atoms with van der Waals surface area (Å²) in [5.74, 6) is -0.0911. The van der Waals surface area contributed by atoms with Crippen LogP contribution in [0.4, 0.5) is 5.69 Å². The second-order valence-electron chi connectivity index (χ2n) is 4.05. The van der Waals surface area contributed by atoms with Crippen molar-refractivity contribution in [2.75, 3.05) is 12.4 Å². The van der Waals surface area contributed by atoms with Crippen LogP contribution < -0.4 is 10.1 Å². The van der Waals surface area contributed by atoms with Crippen LogP contribution in [-0.2, 0) is 4.79 Å². The Morgan fingerprint density at radius 3 is 2.75 bits per heavy atom. The van der Waals surface area contributed by atoms with Crippen LogP contribution in [0.5, 0.6) is 5.75 Å². The van der Waals surface area contributed by atoms with Gasteiger partial charge in [-0.25, -0.2) is 0 Å². The molecule has 4 nitrogen and oxygen atoms in total. The zero-order chi connectivity index (χ0) is 11.5. The first-order chi connectivity index (χ1) is 7.70.